The number of carbonyl (C=O) groups excluding carboxylic acids is 1. The van der Waals surface area contributed by atoms with E-state index in [4.69, 9.17) is 4.74 Å². The molecule has 108 valence electrons. The molecule has 0 radical (unpaired) electrons. The Kier molecular flexibility index (Phi) is 2.37. The van der Waals surface area contributed by atoms with E-state index in [1.165, 1.54) is 0 Å². The van der Waals surface area contributed by atoms with E-state index in [0.717, 1.165) is 11.3 Å². The second kappa shape index (κ2) is 3.95. The molecular weight excluding hydrogens is 270 g/mol. The number of nitrogens with zero attached hydrogens (tertiary/aromatic N) is 1. The number of amides is 1. The molecule has 1 aromatic rings. The normalized spacial score (nSPS) is 36.3. The van der Waals surface area contributed by atoms with Crippen molar-refractivity contribution in [3.63, 3.8) is 0 Å². The first kappa shape index (κ1) is 12.6. The molecule has 1 N–H and O–H groups in total. The molecule has 3 aliphatic rings. The summed E-state index contributed by atoms with van der Waals surface area (Å²) in [5.74, 6) is -2.51. The molecule has 2 bridgehead atoms. The van der Waals surface area contributed by atoms with Crippen LogP contribution in [-0.4, -0.2) is 35.2 Å². The van der Waals surface area contributed by atoms with Crippen molar-refractivity contribution in [2.24, 2.45) is 11.8 Å². The minimum absolute atomic E-state index is 0.149. The Morgan fingerprint density at radius 3 is 2.90 bits per heavy atom. The minimum Gasteiger partial charge on any atom is -0.481 e. The molecular formula is C16H15NO4. The summed E-state index contributed by atoms with van der Waals surface area (Å²) in [6.45, 7) is 2.33. The maximum atomic E-state index is 12.8. The third kappa shape index (κ3) is 1.49. The monoisotopic (exact) mass is 285 g/mol. The highest BCUT2D eigenvalue weighted by Gasteiger charge is 2.67. The summed E-state index contributed by atoms with van der Waals surface area (Å²) in [5.41, 5.74) is 1.05. The maximum absolute atomic E-state index is 12.8. The van der Waals surface area contributed by atoms with Crippen LogP contribution in [0.2, 0.25) is 0 Å². The topological polar surface area (TPSA) is 66.8 Å². The fraction of sp³-hybridized carbons (Fsp3) is 0.375. The van der Waals surface area contributed by atoms with Crippen molar-refractivity contribution in [2.75, 3.05) is 11.4 Å². The van der Waals surface area contributed by atoms with E-state index in [-0.39, 0.29) is 5.91 Å². The van der Waals surface area contributed by atoms with Gasteiger partial charge in [0.15, 0.2) is 0 Å². The summed E-state index contributed by atoms with van der Waals surface area (Å²) in [6, 6.07) is 7.62. The van der Waals surface area contributed by atoms with Crippen LogP contribution in [0.4, 0.5) is 5.69 Å². The molecule has 0 aliphatic carbocycles. The molecule has 0 saturated carbocycles. The van der Waals surface area contributed by atoms with E-state index >= 15 is 0 Å². The zero-order chi connectivity index (χ0) is 14.8. The Labute approximate surface area is 121 Å². The molecule has 4 rings (SSSR count). The molecule has 4 unspecified atom stereocenters. The van der Waals surface area contributed by atoms with Gasteiger partial charge in [0.1, 0.15) is 11.5 Å². The molecule has 0 aromatic heterocycles. The number of benzene rings is 1. The van der Waals surface area contributed by atoms with Gasteiger partial charge in [-0.3, -0.25) is 9.59 Å². The van der Waals surface area contributed by atoms with E-state index < -0.39 is 29.5 Å². The predicted octanol–water partition coefficient (Wildman–Crippen LogP) is 1.37. The zero-order valence-electron chi connectivity index (χ0n) is 11.5. The van der Waals surface area contributed by atoms with Crippen molar-refractivity contribution < 1.29 is 19.4 Å². The van der Waals surface area contributed by atoms with Crippen molar-refractivity contribution in [1.29, 1.82) is 0 Å². The summed E-state index contributed by atoms with van der Waals surface area (Å²) in [7, 11) is 0. The van der Waals surface area contributed by atoms with Crippen molar-refractivity contribution >= 4 is 17.6 Å². The van der Waals surface area contributed by atoms with Gasteiger partial charge >= 0.3 is 5.97 Å². The Balaban J connectivity index is 1.78. The van der Waals surface area contributed by atoms with Crippen molar-refractivity contribution in [3.8, 4) is 0 Å². The average Bonchev–Trinajstić information content (AvgIpc) is 3.08. The highest BCUT2D eigenvalue weighted by atomic mass is 16.5. The number of anilines is 1. The quantitative estimate of drug-likeness (QED) is 0.833. The summed E-state index contributed by atoms with van der Waals surface area (Å²) < 4.78 is 5.87. The number of aliphatic carboxylic acids is 1. The first-order valence-corrected chi connectivity index (χ1v) is 7.00. The number of aryl methyl sites for hydroxylation is 1. The summed E-state index contributed by atoms with van der Waals surface area (Å²) in [6.07, 6.45) is 3.18. The summed E-state index contributed by atoms with van der Waals surface area (Å²) >= 11 is 0. The molecule has 2 fully saturated rings. The first-order valence-electron chi connectivity index (χ1n) is 7.00. The number of hydrogen-bond donors (Lipinski definition) is 1. The van der Waals surface area contributed by atoms with Crippen LogP contribution in [-0.2, 0) is 14.3 Å². The summed E-state index contributed by atoms with van der Waals surface area (Å²) in [4.78, 5) is 26.0. The van der Waals surface area contributed by atoms with Gasteiger partial charge in [-0.05, 0) is 18.6 Å². The number of rotatable bonds is 2. The molecule has 1 amide bonds. The van der Waals surface area contributed by atoms with E-state index in [2.05, 4.69) is 0 Å². The van der Waals surface area contributed by atoms with Crippen LogP contribution in [0.25, 0.3) is 0 Å². The third-order valence-corrected chi connectivity index (χ3v) is 4.79. The van der Waals surface area contributed by atoms with E-state index in [0.29, 0.717) is 6.54 Å². The van der Waals surface area contributed by atoms with E-state index in [9.17, 15) is 14.7 Å². The Morgan fingerprint density at radius 2 is 2.19 bits per heavy atom. The third-order valence-electron chi connectivity index (χ3n) is 4.79. The lowest BCUT2D eigenvalue weighted by Gasteiger charge is -2.22. The molecule has 5 heteroatoms. The van der Waals surface area contributed by atoms with Crippen molar-refractivity contribution in [2.45, 2.75) is 18.6 Å². The lowest BCUT2D eigenvalue weighted by atomic mass is 9.77. The number of fused-ring (bicyclic) bond motifs is 1. The van der Waals surface area contributed by atoms with Crippen LogP contribution in [0.3, 0.4) is 0 Å². The van der Waals surface area contributed by atoms with Crippen LogP contribution in [0, 0.1) is 18.8 Å². The number of carboxylic acid groups (broad SMARTS) is 1. The first-order chi connectivity index (χ1) is 10.0. The number of carbonyl (C=O) groups is 2. The second-order valence-corrected chi connectivity index (χ2v) is 5.95. The van der Waals surface area contributed by atoms with Gasteiger partial charge in [-0.15, -0.1) is 0 Å². The summed E-state index contributed by atoms with van der Waals surface area (Å²) in [5, 5.41) is 9.42. The highest BCUT2D eigenvalue weighted by molar-refractivity contribution is 6.02. The average molecular weight is 285 g/mol. The van der Waals surface area contributed by atoms with Gasteiger partial charge in [0.2, 0.25) is 5.91 Å². The second-order valence-electron chi connectivity index (χ2n) is 5.95. The number of para-hydroxylation sites is 1. The molecule has 1 aromatic carbocycles. The maximum Gasteiger partial charge on any atom is 0.310 e. The number of carboxylic acids is 1. The lowest BCUT2D eigenvalue weighted by Crippen LogP contribution is -2.39. The molecule has 4 atom stereocenters. The van der Waals surface area contributed by atoms with Crippen LogP contribution < -0.4 is 4.90 Å². The largest absolute Gasteiger partial charge is 0.481 e. The number of hydrogen-bond acceptors (Lipinski definition) is 3. The Hall–Kier alpha value is -2.14. The highest BCUT2D eigenvalue weighted by Crippen LogP contribution is 2.52. The van der Waals surface area contributed by atoms with Gasteiger partial charge in [-0.2, -0.15) is 0 Å². The van der Waals surface area contributed by atoms with E-state index in [1.54, 1.807) is 11.0 Å². The number of ether oxygens (including phenoxy) is 1. The molecule has 3 aliphatic heterocycles. The van der Waals surface area contributed by atoms with Gasteiger partial charge in [0.25, 0.3) is 0 Å². The SMILES string of the molecule is Cc1ccccc1N1CC23C=CC(O2)C(C(=O)O)C3C1=O. The van der Waals surface area contributed by atoms with Crippen molar-refractivity contribution in [1.82, 2.24) is 0 Å². The molecule has 1 spiro atoms. The van der Waals surface area contributed by atoms with Gasteiger partial charge in [0, 0.05) is 5.69 Å². The standard InChI is InChI=1S/C16H15NO4/c1-9-4-2-3-5-10(9)17-8-16-7-6-11(21-16)12(15(19)20)13(16)14(17)18/h2-7,11-13H,8H2,1H3,(H,19,20). The smallest absolute Gasteiger partial charge is 0.310 e. The Morgan fingerprint density at radius 1 is 1.43 bits per heavy atom. The molecule has 21 heavy (non-hydrogen) atoms. The fourth-order valence-electron chi connectivity index (χ4n) is 3.85. The zero-order valence-corrected chi connectivity index (χ0v) is 11.5. The minimum atomic E-state index is -0.962. The van der Waals surface area contributed by atoms with Gasteiger partial charge < -0.3 is 14.7 Å². The molecule has 3 heterocycles. The van der Waals surface area contributed by atoms with Crippen LogP contribution >= 0.6 is 0 Å². The fourth-order valence-corrected chi connectivity index (χ4v) is 3.85. The van der Waals surface area contributed by atoms with Crippen LogP contribution in [0.15, 0.2) is 36.4 Å². The molecule has 5 nitrogen and oxygen atoms in total. The van der Waals surface area contributed by atoms with Gasteiger partial charge in [-0.1, -0.05) is 30.4 Å². The van der Waals surface area contributed by atoms with Crippen LogP contribution in [0.1, 0.15) is 5.56 Å². The van der Waals surface area contributed by atoms with Gasteiger partial charge in [-0.25, -0.2) is 0 Å². The van der Waals surface area contributed by atoms with Gasteiger partial charge in [0.05, 0.1) is 18.6 Å². The predicted molar refractivity (Wildman–Crippen MR) is 74.9 cm³/mol. The Bertz CT molecular complexity index is 683. The van der Waals surface area contributed by atoms with Crippen LogP contribution in [0.5, 0.6) is 0 Å². The molecule has 2 saturated heterocycles. The van der Waals surface area contributed by atoms with Crippen molar-refractivity contribution in [3.05, 3.63) is 42.0 Å². The lowest BCUT2D eigenvalue weighted by molar-refractivity contribution is -0.146. The van der Waals surface area contributed by atoms with E-state index in [1.807, 2.05) is 37.3 Å².